The van der Waals surface area contributed by atoms with Crippen LogP contribution in [0.4, 0.5) is 0 Å². The Balaban J connectivity index is 1.87. The van der Waals surface area contributed by atoms with Gasteiger partial charge in [-0.15, -0.1) is 0 Å². The van der Waals surface area contributed by atoms with Gasteiger partial charge in [0, 0.05) is 0 Å². The Morgan fingerprint density at radius 1 is 1.25 bits per heavy atom. The summed E-state index contributed by atoms with van der Waals surface area (Å²) in [7, 11) is 0. The predicted octanol–water partition coefficient (Wildman–Crippen LogP) is 3.16. The Bertz CT molecular complexity index is 261. The summed E-state index contributed by atoms with van der Waals surface area (Å²) in [5, 5.41) is 0. The second-order valence-electron chi connectivity index (χ2n) is 5.00. The van der Waals surface area contributed by atoms with Crippen molar-refractivity contribution in [1.82, 2.24) is 0 Å². The van der Waals surface area contributed by atoms with Crippen LogP contribution in [-0.4, -0.2) is 0 Å². The van der Waals surface area contributed by atoms with E-state index >= 15 is 0 Å². The number of hydrogen-bond acceptors (Lipinski definition) is 0. The molecule has 1 fully saturated rings. The van der Waals surface area contributed by atoms with Crippen molar-refractivity contribution in [2.24, 2.45) is 23.2 Å². The first-order valence-corrected chi connectivity index (χ1v) is 5.14. The van der Waals surface area contributed by atoms with E-state index in [1.165, 1.54) is 19.3 Å². The van der Waals surface area contributed by atoms with Crippen LogP contribution in [0.1, 0.15) is 26.2 Å². The highest BCUT2D eigenvalue weighted by Crippen LogP contribution is 2.55. The summed E-state index contributed by atoms with van der Waals surface area (Å²) < 4.78 is 0. The minimum absolute atomic E-state index is 0.574. The summed E-state index contributed by atoms with van der Waals surface area (Å²) in [5.41, 5.74) is 0.574. The first-order valence-electron chi connectivity index (χ1n) is 5.14. The van der Waals surface area contributed by atoms with E-state index in [1.807, 2.05) is 0 Å². The smallest absolute Gasteiger partial charge is 0.00780 e. The largest absolute Gasteiger partial charge is 0.0871 e. The summed E-state index contributed by atoms with van der Waals surface area (Å²) in [6, 6.07) is 0. The molecule has 0 N–H and O–H groups in total. The van der Waals surface area contributed by atoms with Crippen molar-refractivity contribution in [3.05, 3.63) is 24.3 Å². The van der Waals surface area contributed by atoms with E-state index < -0.39 is 0 Å². The topological polar surface area (TPSA) is 0 Å². The fraction of sp³-hybridized carbons (Fsp3) is 0.667. The third-order valence-corrected chi connectivity index (χ3v) is 4.18. The molecule has 3 aliphatic carbocycles. The molecule has 0 aliphatic heterocycles. The average molecular weight is 160 g/mol. The van der Waals surface area contributed by atoms with Crippen LogP contribution in [0, 0.1) is 23.2 Å². The second kappa shape index (κ2) is 2.04. The standard InChI is InChI=1S/C12H16/c1-12(5-2-6-12)11-8-9-3-4-10(11)7-9/h2-5,9-11H,6-8H2,1H3. The Hall–Kier alpha value is -0.520. The zero-order valence-corrected chi connectivity index (χ0v) is 7.66. The van der Waals surface area contributed by atoms with Gasteiger partial charge in [-0.3, -0.25) is 0 Å². The lowest BCUT2D eigenvalue weighted by Gasteiger charge is -2.41. The van der Waals surface area contributed by atoms with Gasteiger partial charge in [0.15, 0.2) is 0 Å². The third-order valence-electron chi connectivity index (χ3n) is 4.18. The summed E-state index contributed by atoms with van der Waals surface area (Å²) in [6.07, 6.45) is 13.9. The molecular weight excluding hydrogens is 144 g/mol. The Morgan fingerprint density at radius 2 is 2.08 bits per heavy atom. The van der Waals surface area contributed by atoms with E-state index in [-0.39, 0.29) is 0 Å². The second-order valence-corrected chi connectivity index (χ2v) is 5.00. The molecule has 0 saturated heterocycles. The van der Waals surface area contributed by atoms with E-state index in [9.17, 15) is 0 Å². The molecular formula is C12H16. The van der Waals surface area contributed by atoms with Gasteiger partial charge < -0.3 is 0 Å². The van der Waals surface area contributed by atoms with Gasteiger partial charge in [-0.1, -0.05) is 31.2 Å². The van der Waals surface area contributed by atoms with Crippen molar-refractivity contribution in [1.29, 1.82) is 0 Å². The number of hydrogen-bond donors (Lipinski definition) is 0. The maximum atomic E-state index is 2.47. The normalized spacial score (nSPS) is 54.6. The fourth-order valence-corrected chi connectivity index (χ4v) is 3.30. The third kappa shape index (κ3) is 0.734. The molecule has 2 bridgehead atoms. The van der Waals surface area contributed by atoms with E-state index in [1.54, 1.807) is 0 Å². The Kier molecular flexibility index (Phi) is 1.18. The zero-order chi connectivity index (χ0) is 8.18. The molecule has 0 spiro atoms. The average Bonchev–Trinajstić information content (AvgIpc) is 2.59. The molecule has 0 heterocycles. The van der Waals surface area contributed by atoms with Crippen LogP contribution in [-0.2, 0) is 0 Å². The van der Waals surface area contributed by atoms with Crippen LogP contribution in [0.25, 0.3) is 0 Å². The molecule has 0 radical (unpaired) electrons. The molecule has 3 rings (SSSR count). The number of allylic oxidation sites excluding steroid dienone is 4. The first kappa shape index (κ1) is 6.94. The Labute approximate surface area is 74.4 Å². The van der Waals surface area contributed by atoms with Crippen molar-refractivity contribution in [3.63, 3.8) is 0 Å². The molecule has 0 heteroatoms. The van der Waals surface area contributed by atoms with Gasteiger partial charge >= 0.3 is 0 Å². The lowest BCUT2D eigenvalue weighted by Crippen LogP contribution is -2.32. The maximum Gasteiger partial charge on any atom is -0.00780 e. The molecule has 3 aliphatic rings. The molecule has 4 atom stereocenters. The quantitative estimate of drug-likeness (QED) is 0.517. The monoisotopic (exact) mass is 160 g/mol. The SMILES string of the molecule is CC1(C2CC3C=CC2C3)C=CC1. The van der Waals surface area contributed by atoms with Crippen molar-refractivity contribution < 1.29 is 0 Å². The van der Waals surface area contributed by atoms with E-state index in [4.69, 9.17) is 0 Å². The predicted molar refractivity (Wildman–Crippen MR) is 50.7 cm³/mol. The highest BCUT2D eigenvalue weighted by atomic mass is 14.5. The molecule has 0 aromatic heterocycles. The maximum absolute atomic E-state index is 2.47. The van der Waals surface area contributed by atoms with Crippen molar-refractivity contribution in [2.45, 2.75) is 26.2 Å². The minimum atomic E-state index is 0.574. The lowest BCUT2D eigenvalue weighted by atomic mass is 9.64. The number of rotatable bonds is 1. The van der Waals surface area contributed by atoms with Gasteiger partial charge in [0.25, 0.3) is 0 Å². The molecule has 0 aromatic carbocycles. The van der Waals surface area contributed by atoms with Gasteiger partial charge in [0.1, 0.15) is 0 Å². The van der Waals surface area contributed by atoms with Crippen molar-refractivity contribution in [3.8, 4) is 0 Å². The van der Waals surface area contributed by atoms with E-state index in [2.05, 4.69) is 31.2 Å². The van der Waals surface area contributed by atoms with Gasteiger partial charge in [0.05, 0.1) is 0 Å². The molecule has 12 heavy (non-hydrogen) atoms. The summed E-state index contributed by atoms with van der Waals surface area (Å²) in [6.45, 7) is 2.44. The summed E-state index contributed by atoms with van der Waals surface area (Å²) in [5.74, 6) is 2.83. The minimum Gasteiger partial charge on any atom is -0.0871 e. The van der Waals surface area contributed by atoms with E-state index in [0.717, 1.165) is 17.8 Å². The van der Waals surface area contributed by atoms with Gasteiger partial charge in [-0.25, -0.2) is 0 Å². The zero-order valence-electron chi connectivity index (χ0n) is 7.66. The van der Waals surface area contributed by atoms with Crippen LogP contribution >= 0.6 is 0 Å². The number of fused-ring (bicyclic) bond motifs is 2. The molecule has 1 saturated carbocycles. The van der Waals surface area contributed by atoms with Crippen LogP contribution in [0.5, 0.6) is 0 Å². The van der Waals surface area contributed by atoms with Crippen LogP contribution in [0.2, 0.25) is 0 Å². The fourth-order valence-electron chi connectivity index (χ4n) is 3.30. The molecule has 4 unspecified atom stereocenters. The van der Waals surface area contributed by atoms with E-state index in [0.29, 0.717) is 5.41 Å². The van der Waals surface area contributed by atoms with Gasteiger partial charge in [-0.05, 0) is 42.4 Å². The molecule has 0 amide bonds. The summed E-state index contributed by atoms with van der Waals surface area (Å²) in [4.78, 5) is 0. The first-order chi connectivity index (χ1) is 5.78. The molecule has 0 nitrogen and oxygen atoms in total. The lowest BCUT2D eigenvalue weighted by molar-refractivity contribution is 0.198. The van der Waals surface area contributed by atoms with Crippen molar-refractivity contribution >= 4 is 0 Å². The van der Waals surface area contributed by atoms with Crippen molar-refractivity contribution in [2.75, 3.05) is 0 Å². The van der Waals surface area contributed by atoms with Crippen LogP contribution in [0.3, 0.4) is 0 Å². The summed E-state index contributed by atoms with van der Waals surface area (Å²) >= 11 is 0. The van der Waals surface area contributed by atoms with Gasteiger partial charge in [-0.2, -0.15) is 0 Å². The highest BCUT2D eigenvalue weighted by Gasteiger charge is 2.46. The Morgan fingerprint density at radius 3 is 2.50 bits per heavy atom. The van der Waals surface area contributed by atoms with Crippen LogP contribution < -0.4 is 0 Å². The van der Waals surface area contributed by atoms with Gasteiger partial charge in [0.2, 0.25) is 0 Å². The molecule has 0 aromatic rings. The van der Waals surface area contributed by atoms with Crippen LogP contribution in [0.15, 0.2) is 24.3 Å². The highest BCUT2D eigenvalue weighted by molar-refractivity contribution is 5.21. The molecule has 64 valence electrons.